The maximum Gasteiger partial charge on any atom is 0.0928 e. The minimum atomic E-state index is 0.119. The van der Waals surface area contributed by atoms with Gasteiger partial charge in [-0.15, -0.1) is 0 Å². The normalized spacial score (nSPS) is 12.6. The highest BCUT2D eigenvalue weighted by Gasteiger charge is 2.04. The van der Waals surface area contributed by atoms with Gasteiger partial charge in [-0.1, -0.05) is 6.07 Å². The van der Waals surface area contributed by atoms with Crippen LogP contribution >= 0.6 is 0 Å². The molecule has 5 heteroatoms. The number of ether oxygens (including phenoxy) is 2. The van der Waals surface area contributed by atoms with Crippen LogP contribution in [0.25, 0.3) is 0 Å². The first-order valence-corrected chi connectivity index (χ1v) is 6.19. The summed E-state index contributed by atoms with van der Waals surface area (Å²) in [5.41, 5.74) is 1.20. The second kappa shape index (κ2) is 9.96. The predicted molar refractivity (Wildman–Crippen MR) is 71.5 cm³/mol. The number of hydrogen-bond donors (Lipinski definition) is 2. The van der Waals surface area contributed by atoms with Gasteiger partial charge in [-0.2, -0.15) is 0 Å². The van der Waals surface area contributed by atoms with Crippen LogP contribution in [0, 0.1) is 0 Å². The topological polar surface area (TPSA) is 55.4 Å². The molecule has 1 aromatic rings. The second-order valence-corrected chi connectivity index (χ2v) is 4.06. The predicted octanol–water partition coefficient (Wildman–Crippen LogP) is 0.422. The Kier molecular flexibility index (Phi) is 8.33. The van der Waals surface area contributed by atoms with Crippen molar-refractivity contribution in [3.8, 4) is 0 Å². The summed E-state index contributed by atoms with van der Waals surface area (Å²) >= 11 is 0. The van der Waals surface area contributed by atoms with E-state index in [0.29, 0.717) is 6.61 Å². The first-order valence-electron chi connectivity index (χ1n) is 6.19. The van der Waals surface area contributed by atoms with Gasteiger partial charge in [0.1, 0.15) is 0 Å². The molecule has 0 saturated heterocycles. The largest absolute Gasteiger partial charge is 0.382 e. The van der Waals surface area contributed by atoms with Gasteiger partial charge in [-0.25, -0.2) is 0 Å². The molecule has 102 valence electrons. The number of rotatable bonds is 10. The molecule has 0 aromatic carbocycles. The van der Waals surface area contributed by atoms with Crippen LogP contribution in [-0.4, -0.2) is 51.5 Å². The molecule has 0 aliphatic rings. The number of hydrogen-bond acceptors (Lipinski definition) is 5. The molecule has 1 rings (SSSR count). The molecule has 0 saturated carbocycles. The summed E-state index contributed by atoms with van der Waals surface area (Å²) in [4.78, 5) is 4.07. The van der Waals surface area contributed by atoms with Crippen molar-refractivity contribution in [3.63, 3.8) is 0 Å². The van der Waals surface area contributed by atoms with Crippen LogP contribution in [0.1, 0.15) is 5.56 Å². The van der Waals surface area contributed by atoms with Crippen molar-refractivity contribution in [2.75, 3.05) is 40.5 Å². The first kappa shape index (κ1) is 15.0. The molecule has 0 aliphatic carbocycles. The molecule has 0 spiro atoms. The van der Waals surface area contributed by atoms with Crippen LogP contribution in [0.2, 0.25) is 0 Å². The van der Waals surface area contributed by atoms with Crippen LogP contribution in [0.3, 0.4) is 0 Å². The van der Waals surface area contributed by atoms with Gasteiger partial charge in [0.2, 0.25) is 0 Å². The van der Waals surface area contributed by atoms with Gasteiger partial charge in [-0.3, -0.25) is 4.98 Å². The lowest BCUT2D eigenvalue weighted by molar-refractivity contribution is 0.0291. The highest BCUT2D eigenvalue weighted by Crippen LogP contribution is 1.93. The molecule has 0 fully saturated rings. The maximum atomic E-state index is 5.25. The molecule has 18 heavy (non-hydrogen) atoms. The lowest BCUT2D eigenvalue weighted by Crippen LogP contribution is -2.35. The van der Waals surface area contributed by atoms with E-state index in [1.807, 2.05) is 12.3 Å². The molecule has 1 unspecified atom stereocenters. The summed E-state index contributed by atoms with van der Waals surface area (Å²) in [5, 5.41) is 6.68. The van der Waals surface area contributed by atoms with E-state index in [9.17, 15) is 0 Å². The minimum absolute atomic E-state index is 0.119. The van der Waals surface area contributed by atoms with Gasteiger partial charge in [0.05, 0.1) is 12.7 Å². The van der Waals surface area contributed by atoms with Crippen molar-refractivity contribution in [1.82, 2.24) is 15.6 Å². The summed E-state index contributed by atoms with van der Waals surface area (Å²) in [5.74, 6) is 0. The average Bonchev–Trinajstić information content (AvgIpc) is 2.42. The summed E-state index contributed by atoms with van der Waals surface area (Å²) in [7, 11) is 3.38. The van der Waals surface area contributed by atoms with E-state index in [2.05, 4.69) is 21.7 Å². The number of aromatic nitrogens is 1. The summed E-state index contributed by atoms with van der Waals surface area (Å²) < 4.78 is 10.3. The molecule has 0 radical (unpaired) electrons. The third-order valence-electron chi connectivity index (χ3n) is 2.59. The molecule has 0 aliphatic heterocycles. The van der Waals surface area contributed by atoms with E-state index in [1.165, 1.54) is 5.56 Å². The SMILES string of the molecule is COCC(CNCCNCc1cccnc1)OC. The Labute approximate surface area is 109 Å². The van der Waals surface area contributed by atoms with E-state index in [4.69, 9.17) is 9.47 Å². The van der Waals surface area contributed by atoms with E-state index in [-0.39, 0.29) is 6.10 Å². The van der Waals surface area contributed by atoms with Gasteiger partial charge in [0, 0.05) is 52.8 Å². The average molecular weight is 253 g/mol. The lowest BCUT2D eigenvalue weighted by atomic mass is 10.3. The highest BCUT2D eigenvalue weighted by atomic mass is 16.5. The maximum absolute atomic E-state index is 5.25. The Balaban J connectivity index is 1.98. The first-order chi connectivity index (χ1) is 8.86. The fourth-order valence-corrected chi connectivity index (χ4v) is 1.57. The molecule has 1 aromatic heterocycles. The molecule has 0 bridgehead atoms. The molecular weight excluding hydrogens is 230 g/mol. The Morgan fingerprint density at radius 1 is 1.28 bits per heavy atom. The lowest BCUT2D eigenvalue weighted by Gasteiger charge is -2.15. The molecule has 0 amide bonds. The quantitative estimate of drug-likeness (QED) is 0.592. The zero-order valence-corrected chi connectivity index (χ0v) is 11.2. The van der Waals surface area contributed by atoms with Crippen molar-refractivity contribution in [1.29, 1.82) is 0 Å². The smallest absolute Gasteiger partial charge is 0.0928 e. The van der Waals surface area contributed by atoms with E-state index in [1.54, 1.807) is 20.4 Å². The monoisotopic (exact) mass is 253 g/mol. The number of methoxy groups -OCH3 is 2. The summed E-state index contributed by atoms with van der Waals surface area (Å²) in [6.07, 6.45) is 3.78. The molecule has 1 heterocycles. The van der Waals surface area contributed by atoms with Crippen LogP contribution in [0.4, 0.5) is 0 Å². The summed E-state index contributed by atoms with van der Waals surface area (Å²) in [6, 6.07) is 4.01. The molecule has 5 nitrogen and oxygen atoms in total. The van der Waals surface area contributed by atoms with Crippen molar-refractivity contribution in [3.05, 3.63) is 30.1 Å². The zero-order chi connectivity index (χ0) is 13.1. The van der Waals surface area contributed by atoms with Gasteiger partial charge in [0.25, 0.3) is 0 Å². The van der Waals surface area contributed by atoms with Crippen LogP contribution < -0.4 is 10.6 Å². The highest BCUT2D eigenvalue weighted by molar-refractivity contribution is 5.07. The number of nitrogens with zero attached hydrogens (tertiary/aromatic N) is 1. The standard InChI is InChI=1S/C13H23N3O2/c1-17-11-13(18-2)10-16-7-6-15-9-12-4-3-5-14-8-12/h3-5,8,13,15-16H,6-7,9-11H2,1-2H3. The van der Waals surface area contributed by atoms with Crippen molar-refractivity contribution in [2.45, 2.75) is 12.6 Å². The van der Waals surface area contributed by atoms with E-state index >= 15 is 0 Å². The van der Waals surface area contributed by atoms with Crippen LogP contribution in [0.5, 0.6) is 0 Å². The summed E-state index contributed by atoms with van der Waals surface area (Å²) in [6.45, 7) is 4.09. The van der Waals surface area contributed by atoms with Gasteiger partial charge >= 0.3 is 0 Å². The van der Waals surface area contributed by atoms with Crippen molar-refractivity contribution in [2.24, 2.45) is 0 Å². The van der Waals surface area contributed by atoms with Gasteiger partial charge in [0.15, 0.2) is 0 Å². The van der Waals surface area contributed by atoms with Gasteiger partial charge in [-0.05, 0) is 11.6 Å². The van der Waals surface area contributed by atoms with E-state index < -0.39 is 0 Å². The Morgan fingerprint density at radius 3 is 2.78 bits per heavy atom. The van der Waals surface area contributed by atoms with Crippen molar-refractivity contribution >= 4 is 0 Å². The third-order valence-corrected chi connectivity index (χ3v) is 2.59. The Hall–Kier alpha value is -1.01. The van der Waals surface area contributed by atoms with Crippen molar-refractivity contribution < 1.29 is 9.47 Å². The van der Waals surface area contributed by atoms with Crippen LogP contribution in [0.15, 0.2) is 24.5 Å². The molecular formula is C13H23N3O2. The second-order valence-electron chi connectivity index (χ2n) is 4.06. The fourth-order valence-electron chi connectivity index (χ4n) is 1.57. The van der Waals surface area contributed by atoms with Gasteiger partial charge < -0.3 is 20.1 Å². The van der Waals surface area contributed by atoms with Crippen LogP contribution in [-0.2, 0) is 16.0 Å². The molecule has 2 N–H and O–H groups in total. The van der Waals surface area contributed by atoms with E-state index in [0.717, 1.165) is 26.2 Å². The zero-order valence-electron chi connectivity index (χ0n) is 11.2. The Bertz CT molecular complexity index is 296. The Morgan fingerprint density at radius 2 is 2.11 bits per heavy atom. The number of nitrogens with one attached hydrogen (secondary N) is 2. The fraction of sp³-hybridized carbons (Fsp3) is 0.615. The molecule has 1 atom stereocenters. The number of pyridine rings is 1. The third kappa shape index (κ3) is 6.66. The minimum Gasteiger partial charge on any atom is -0.382 e.